The number of carboxylic acids is 1. The van der Waals surface area contributed by atoms with E-state index < -0.39 is 12.0 Å². The average molecular weight is 439 g/mol. The molecule has 2 aliphatic rings. The highest BCUT2D eigenvalue weighted by molar-refractivity contribution is 5.89. The lowest BCUT2D eigenvalue weighted by Crippen LogP contribution is -2.52. The van der Waals surface area contributed by atoms with E-state index in [0.29, 0.717) is 36.3 Å². The van der Waals surface area contributed by atoms with Crippen molar-refractivity contribution in [2.75, 3.05) is 13.7 Å². The van der Waals surface area contributed by atoms with Crippen molar-refractivity contribution < 1.29 is 19.4 Å². The van der Waals surface area contributed by atoms with E-state index in [9.17, 15) is 14.7 Å². The number of rotatable bonds is 8. The largest absolute Gasteiger partial charge is 0.478 e. The third kappa shape index (κ3) is 5.96. The van der Waals surface area contributed by atoms with Crippen molar-refractivity contribution in [2.24, 2.45) is 17.6 Å². The Bertz CT molecular complexity index is 730. The highest BCUT2D eigenvalue weighted by atomic mass is 35.5. The molecular weight excluding hydrogens is 404 g/mol. The fourth-order valence-electron chi connectivity index (χ4n) is 4.46. The van der Waals surface area contributed by atoms with Crippen molar-refractivity contribution in [1.82, 2.24) is 4.90 Å². The third-order valence-electron chi connectivity index (χ3n) is 6.76. The lowest BCUT2D eigenvalue weighted by atomic mass is 9.78. The van der Waals surface area contributed by atoms with Crippen molar-refractivity contribution in [3.05, 3.63) is 34.9 Å². The van der Waals surface area contributed by atoms with E-state index >= 15 is 0 Å². The number of benzene rings is 1. The van der Waals surface area contributed by atoms with Crippen molar-refractivity contribution in [3.8, 4) is 0 Å². The number of carbonyl (C=O) groups is 2. The van der Waals surface area contributed by atoms with Crippen LogP contribution in [0.25, 0.3) is 0 Å². The van der Waals surface area contributed by atoms with Gasteiger partial charge in [-0.3, -0.25) is 4.79 Å². The number of amides is 1. The Morgan fingerprint density at radius 2 is 1.87 bits per heavy atom. The van der Waals surface area contributed by atoms with Crippen LogP contribution in [-0.2, 0) is 16.1 Å². The van der Waals surface area contributed by atoms with Crippen molar-refractivity contribution in [1.29, 1.82) is 0 Å². The van der Waals surface area contributed by atoms with Crippen LogP contribution in [0.3, 0.4) is 0 Å². The first-order valence-electron chi connectivity index (χ1n) is 10.8. The number of hydrogen-bond donors (Lipinski definition) is 2. The molecule has 2 aliphatic carbocycles. The normalized spacial score (nSPS) is 22.5. The molecule has 1 aromatic rings. The smallest absolute Gasteiger partial charge is 0.336 e. The third-order valence-corrected chi connectivity index (χ3v) is 6.76. The number of halogens is 1. The van der Waals surface area contributed by atoms with Gasteiger partial charge in [-0.05, 0) is 75.3 Å². The minimum Gasteiger partial charge on any atom is -0.478 e. The Morgan fingerprint density at radius 1 is 1.20 bits per heavy atom. The molecule has 3 rings (SSSR count). The Hall–Kier alpha value is -1.63. The summed E-state index contributed by atoms with van der Waals surface area (Å²) in [6.07, 6.45) is 7.30. The zero-order valence-electron chi connectivity index (χ0n) is 18.0. The van der Waals surface area contributed by atoms with Gasteiger partial charge in [-0.1, -0.05) is 17.7 Å². The summed E-state index contributed by atoms with van der Waals surface area (Å²) in [5, 5.41) is 9.36. The molecule has 30 heavy (non-hydrogen) atoms. The van der Waals surface area contributed by atoms with Crippen LogP contribution in [0.15, 0.2) is 18.2 Å². The quantitative estimate of drug-likeness (QED) is 0.644. The van der Waals surface area contributed by atoms with Gasteiger partial charge in [0.15, 0.2) is 0 Å². The highest BCUT2D eigenvalue weighted by Gasteiger charge is 2.34. The maximum Gasteiger partial charge on any atom is 0.336 e. The van der Waals surface area contributed by atoms with Gasteiger partial charge in [0.1, 0.15) is 0 Å². The van der Waals surface area contributed by atoms with E-state index in [1.54, 1.807) is 6.07 Å². The predicted octanol–water partition coefficient (Wildman–Crippen LogP) is 3.78. The summed E-state index contributed by atoms with van der Waals surface area (Å²) in [6, 6.07) is 5.42. The lowest BCUT2D eigenvalue weighted by molar-refractivity contribution is -0.136. The molecule has 0 heterocycles. The molecule has 0 aliphatic heterocycles. The number of nitrogens with two attached hydrogens (primary N) is 1. The fourth-order valence-corrected chi connectivity index (χ4v) is 4.46. The zero-order chi connectivity index (χ0) is 21.0. The number of aromatic carboxylic acids is 1. The van der Waals surface area contributed by atoms with Crippen LogP contribution in [0.2, 0.25) is 0 Å². The second-order valence-electron chi connectivity index (χ2n) is 8.82. The van der Waals surface area contributed by atoms with Gasteiger partial charge in [-0.2, -0.15) is 0 Å². The maximum absolute atomic E-state index is 12.6. The first kappa shape index (κ1) is 24.6. The van der Waals surface area contributed by atoms with Crippen LogP contribution in [0, 0.1) is 18.8 Å². The summed E-state index contributed by atoms with van der Waals surface area (Å²) >= 11 is 0. The molecule has 6 nitrogen and oxygen atoms in total. The first-order chi connectivity index (χ1) is 13.9. The van der Waals surface area contributed by atoms with Crippen LogP contribution in [0.4, 0.5) is 0 Å². The Labute approximate surface area is 185 Å². The van der Waals surface area contributed by atoms with Crippen molar-refractivity contribution in [3.63, 3.8) is 0 Å². The van der Waals surface area contributed by atoms with Gasteiger partial charge in [-0.15, -0.1) is 12.4 Å². The van der Waals surface area contributed by atoms with Gasteiger partial charge in [0.2, 0.25) is 5.91 Å². The summed E-state index contributed by atoms with van der Waals surface area (Å²) in [6.45, 7) is 2.81. The molecule has 0 radical (unpaired) electrons. The van der Waals surface area contributed by atoms with Crippen molar-refractivity contribution in [2.45, 2.75) is 70.6 Å². The lowest BCUT2D eigenvalue weighted by Gasteiger charge is -2.38. The van der Waals surface area contributed by atoms with Gasteiger partial charge >= 0.3 is 5.97 Å². The van der Waals surface area contributed by atoms with Gasteiger partial charge in [0.05, 0.1) is 18.2 Å². The SMILES string of the molecule is Cc1ccc(COC[C@H]2CC[C@H]([C@H](N)C(=O)N(C)C3CCC3)CC2)c(C(=O)O)c1.Cl. The molecule has 0 bridgehead atoms. The Balaban J connectivity index is 0.00000320. The topological polar surface area (TPSA) is 92.9 Å². The molecule has 0 aromatic heterocycles. The van der Waals surface area contributed by atoms with E-state index in [2.05, 4.69) is 0 Å². The maximum atomic E-state index is 12.6. The number of hydrogen-bond acceptors (Lipinski definition) is 4. The van der Waals surface area contributed by atoms with E-state index in [0.717, 1.165) is 44.1 Å². The Morgan fingerprint density at radius 3 is 2.43 bits per heavy atom. The number of ether oxygens (including phenoxy) is 1. The van der Waals surface area contributed by atoms with Crippen LogP contribution in [-0.4, -0.2) is 47.6 Å². The standard InChI is InChI=1S/C23H34N2O4.ClH/c1-15-6-9-18(20(12-15)23(27)28)14-29-13-16-7-10-17(11-8-16)21(24)22(26)25(2)19-4-3-5-19;/h6,9,12,16-17,19,21H,3-5,7-8,10-11,13-14,24H2,1-2H3,(H,27,28);1H/t16-,17-,21-;/m0./s1. The summed E-state index contributed by atoms with van der Waals surface area (Å²) in [7, 11) is 1.89. The first-order valence-corrected chi connectivity index (χ1v) is 10.8. The predicted molar refractivity (Wildman–Crippen MR) is 119 cm³/mol. The van der Waals surface area contributed by atoms with Gasteiger partial charge in [0, 0.05) is 19.7 Å². The minimum absolute atomic E-state index is 0. The number of likely N-dealkylation sites (N-methyl/N-ethyl adjacent to an activating group) is 1. The molecule has 168 valence electrons. The number of carbonyl (C=O) groups excluding carboxylic acids is 1. The van der Waals surface area contributed by atoms with Crippen LogP contribution < -0.4 is 5.73 Å². The van der Waals surface area contributed by atoms with Crippen molar-refractivity contribution >= 4 is 24.3 Å². The summed E-state index contributed by atoms with van der Waals surface area (Å²) < 4.78 is 5.86. The molecule has 1 amide bonds. The van der Waals surface area contributed by atoms with Crippen LogP contribution in [0.1, 0.15) is 66.4 Å². The molecular formula is C23H35ClN2O4. The summed E-state index contributed by atoms with van der Waals surface area (Å²) in [5.41, 5.74) is 8.26. The van der Waals surface area contributed by atoms with E-state index in [4.69, 9.17) is 10.5 Å². The van der Waals surface area contributed by atoms with Gasteiger partial charge < -0.3 is 20.5 Å². The van der Waals surface area contributed by atoms with E-state index in [-0.39, 0.29) is 24.2 Å². The molecule has 1 atom stereocenters. The second-order valence-corrected chi connectivity index (χ2v) is 8.82. The average Bonchev–Trinajstić information content (AvgIpc) is 2.67. The summed E-state index contributed by atoms with van der Waals surface area (Å²) in [4.78, 5) is 25.9. The molecule has 7 heteroatoms. The minimum atomic E-state index is -0.918. The monoisotopic (exact) mass is 438 g/mol. The second kappa shape index (κ2) is 11.1. The number of nitrogens with zero attached hydrogens (tertiary/aromatic N) is 1. The molecule has 1 aromatic carbocycles. The van der Waals surface area contributed by atoms with Crippen LogP contribution >= 0.6 is 12.4 Å². The van der Waals surface area contributed by atoms with Gasteiger partial charge in [0.25, 0.3) is 0 Å². The molecule has 3 N–H and O–H groups in total. The zero-order valence-corrected chi connectivity index (χ0v) is 18.8. The molecule has 2 saturated carbocycles. The molecule has 0 spiro atoms. The molecule has 2 fully saturated rings. The molecule has 0 saturated heterocycles. The van der Waals surface area contributed by atoms with Crippen LogP contribution in [0.5, 0.6) is 0 Å². The number of aryl methyl sites for hydroxylation is 1. The van der Waals surface area contributed by atoms with E-state index in [1.807, 2.05) is 31.0 Å². The Kier molecular flexibility index (Phi) is 9.13. The fraction of sp³-hybridized carbons (Fsp3) is 0.652. The summed E-state index contributed by atoms with van der Waals surface area (Å²) in [5.74, 6) is -0.137. The van der Waals surface area contributed by atoms with Gasteiger partial charge in [-0.25, -0.2) is 4.79 Å². The molecule has 0 unspecified atom stereocenters. The highest BCUT2D eigenvalue weighted by Crippen LogP contribution is 2.32. The number of carboxylic acid groups (broad SMARTS) is 1. The van der Waals surface area contributed by atoms with E-state index in [1.165, 1.54) is 6.42 Å².